The van der Waals surface area contributed by atoms with Crippen molar-refractivity contribution in [2.45, 2.75) is 51.2 Å². The zero-order valence-corrected chi connectivity index (χ0v) is 18.1. The van der Waals surface area contributed by atoms with Crippen molar-refractivity contribution in [3.63, 3.8) is 0 Å². The number of nitrogens with zero attached hydrogens (tertiary/aromatic N) is 1. The molecule has 2 N–H and O–H groups in total. The van der Waals surface area contributed by atoms with Crippen LogP contribution in [-0.4, -0.2) is 39.4 Å². The van der Waals surface area contributed by atoms with E-state index >= 15 is 0 Å². The van der Waals surface area contributed by atoms with Gasteiger partial charge in [0, 0.05) is 20.1 Å². The minimum absolute atomic E-state index is 0. The Morgan fingerprint density at radius 3 is 2.54 bits per heavy atom. The number of hydrogen-bond donors (Lipinski definition) is 2. The SMILES string of the molecule is CN=C(NCCOC1CCCCCC1)NCc1ccc(OC)c(F)c1.I. The van der Waals surface area contributed by atoms with Crippen molar-refractivity contribution in [1.29, 1.82) is 0 Å². The van der Waals surface area contributed by atoms with Gasteiger partial charge in [-0.1, -0.05) is 31.7 Å². The van der Waals surface area contributed by atoms with Crippen LogP contribution in [0.2, 0.25) is 0 Å². The molecule has 148 valence electrons. The van der Waals surface area contributed by atoms with Crippen molar-refractivity contribution in [2.75, 3.05) is 27.3 Å². The number of halogens is 2. The molecular formula is C19H31FIN3O2. The first-order valence-corrected chi connectivity index (χ1v) is 9.11. The predicted octanol–water partition coefficient (Wildman–Crippen LogP) is 3.86. The monoisotopic (exact) mass is 479 g/mol. The van der Waals surface area contributed by atoms with Crippen LogP contribution in [0.1, 0.15) is 44.1 Å². The molecule has 0 spiro atoms. The first-order chi connectivity index (χ1) is 12.2. The van der Waals surface area contributed by atoms with Crippen LogP contribution in [0.3, 0.4) is 0 Å². The molecule has 0 aliphatic heterocycles. The summed E-state index contributed by atoms with van der Waals surface area (Å²) >= 11 is 0. The third-order valence-electron chi connectivity index (χ3n) is 4.45. The zero-order valence-electron chi connectivity index (χ0n) is 15.7. The first-order valence-electron chi connectivity index (χ1n) is 9.11. The highest BCUT2D eigenvalue weighted by Crippen LogP contribution is 2.19. The summed E-state index contributed by atoms with van der Waals surface area (Å²) in [4.78, 5) is 4.18. The van der Waals surface area contributed by atoms with E-state index in [0.717, 1.165) is 5.56 Å². The lowest BCUT2D eigenvalue weighted by Crippen LogP contribution is -2.38. The van der Waals surface area contributed by atoms with Crippen molar-refractivity contribution in [3.8, 4) is 5.75 Å². The second kappa shape index (κ2) is 13.1. The summed E-state index contributed by atoms with van der Waals surface area (Å²) in [6.07, 6.45) is 7.98. The number of ether oxygens (including phenoxy) is 2. The Labute approximate surface area is 173 Å². The Balaban J connectivity index is 0.00000338. The van der Waals surface area contributed by atoms with Gasteiger partial charge >= 0.3 is 0 Å². The predicted molar refractivity (Wildman–Crippen MR) is 114 cm³/mol. The van der Waals surface area contributed by atoms with Crippen LogP contribution in [0.15, 0.2) is 23.2 Å². The lowest BCUT2D eigenvalue weighted by Gasteiger charge is -2.17. The molecule has 1 aromatic carbocycles. The van der Waals surface area contributed by atoms with E-state index in [1.54, 1.807) is 13.1 Å². The second-order valence-corrected chi connectivity index (χ2v) is 6.31. The maximum absolute atomic E-state index is 13.7. The van der Waals surface area contributed by atoms with Crippen molar-refractivity contribution in [1.82, 2.24) is 10.6 Å². The summed E-state index contributed by atoms with van der Waals surface area (Å²) in [5, 5.41) is 6.40. The Bertz CT molecular complexity index is 550. The molecule has 1 aliphatic rings. The minimum Gasteiger partial charge on any atom is -0.494 e. The molecule has 26 heavy (non-hydrogen) atoms. The van der Waals surface area contributed by atoms with E-state index in [9.17, 15) is 4.39 Å². The van der Waals surface area contributed by atoms with Gasteiger partial charge in [-0.05, 0) is 30.5 Å². The Morgan fingerprint density at radius 2 is 1.92 bits per heavy atom. The lowest BCUT2D eigenvalue weighted by molar-refractivity contribution is 0.0468. The number of hydrogen-bond acceptors (Lipinski definition) is 3. The Hall–Kier alpha value is -1.09. The van der Waals surface area contributed by atoms with E-state index in [1.165, 1.54) is 51.7 Å². The molecule has 5 nitrogen and oxygen atoms in total. The van der Waals surface area contributed by atoms with E-state index in [-0.39, 0.29) is 35.5 Å². The fraction of sp³-hybridized carbons (Fsp3) is 0.632. The lowest BCUT2D eigenvalue weighted by atomic mass is 10.1. The van der Waals surface area contributed by atoms with Crippen LogP contribution in [0.5, 0.6) is 5.75 Å². The number of nitrogens with one attached hydrogen (secondary N) is 2. The molecule has 0 aromatic heterocycles. The molecule has 1 aromatic rings. The summed E-state index contributed by atoms with van der Waals surface area (Å²) in [6, 6.07) is 4.93. The van der Waals surface area contributed by atoms with E-state index in [4.69, 9.17) is 9.47 Å². The van der Waals surface area contributed by atoms with Crippen LogP contribution in [0.25, 0.3) is 0 Å². The fourth-order valence-corrected chi connectivity index (χ4v) is 3.03. The molecule has 0 radical (unpaired) electrons. The molecule has 1 aliphatic carbocycles. The molecule has 0 amide bonds. The van der Waals surface area contributed by atoms with Crippen LogP contribution < -0.4 is 15.4 Å². The third kappa shape index (κ3) is 8.07. The van der Waals surface area contributed by atoms with E-state index < -0.39 is 0 Å². The molecule has 0 saturated heterocycles. The zero-order chi connectivity index (χ0) is 17.9. The topological polar surface area (TPSA) is 54.9 Å². The van der Waals surface area contributed by atoms with Gasteiger partial charge in [0.15, 0.2) is 17.5 Å². The second-order valence-electron chi connectivity index (χ2n) is 6.31. The number of methoxy groups -OCH3 is 1. The molecule has 7 heteroatoms. The number of guanidine groups is 1. The van der Waals surface area contributed by atoms with E-state index in [2.05, 4.69) is 15.6 Å². The highest BCUT2D eigenvalue weighted by molar-refractivity contribution is 14.0. The van der Waals surface area contributed by atoms with Gasteiger partial charge in [0.1, 0.15) is 0 Å². The average molecular weight is 479 g/mol. The molecule has 0 bridgehead atoms. The largest absolute Gasteiger partial charge is 0.494 e. The van der Waals surface area contributed by atoms with Gasteiger partial charge in [0.25, 0.3) is 0 Å². The minimum atomic E-state index is -0.360. The summed E-state index contributed by atoms with van der Waals surface area (Å²) in [5.74, 6) is 0.573. The number of benzene rings is 1. The maximum Gasteiger partial charge on any atom is 0.191 e. The van der Waals surface area contributed by atoms with E-state index in [0.29, 0.717) is 31.8 Å². The molecule has 1 saturated carbocycles. The number of aliphatic imine (C=N–C) groups is 1. The maximum atomic E-state index is 13.7. The molecule has 1 fully saturated rings. The van der Waals surface area contributed by atoms with Crippen molar-refractivity contribution in [2.24, 2.45) is 4.99 Å². The Morgan fingerprint density at radius 1 is 1.19 bits per heavy atom. The first kappa shape index (κ1) is 23.0. The van der Waals surface area contributed by atoms with Crippen molar-refractivity contribution >= 4 is 29.9 Å². The summed E-state index contributed by atoms with van der Waals surface area (Å²) in [6.45, 7) is 1.86. The van der Waals surface area contributed by atoms with Gasteiger partial charge in [-0.15, -0.1) is 24.0 Å². The molecular weight excluding hydrogens is 448 g/mol. The van der Waals surface area contributed by atoms with Crippen molar-refractivity contribution < 1.29 is 13.9 Å². The quantitative estimate of drug-likeness (QED) is 0.205. The van der Waals surface area contributed by atoms with Crippen LogP contribution in [0.4, 0.5) is 4.39 Å². The summed E-state index contributed by atoms with van der Waals surface area (Å²) in [7, 11) is 3.18. The normalized spacial score (nSPS) is 15.7. The van der Waals surface area contributed by atoms with Gasteiger partial charge in [-0.25, -0.2) is 4.39 Å². The standard InChI is InChI=1S/C19H30FN3O2.HI/c1-21-19(22-11-12-25-16-7-5-3-4-6-8-16)23-14-15-9-10-18(24-2)17(20)13-15;/h9-10,13,16H,3-8,11-12,14H2,1-2H3,(H2,21,22,23);1H. The molecule has 2 rings (SSSR count). The van der Waals surface area contributed by atoms with Gasteiger partial charge < -0.3 is 20.1 Å². The molecule has 0 atom stereocenters. The Kier molecular flexibility index (Phi) is 11.6. The fourth-order valence-electron chi connectivity index (χ4n) is 3.03. The van der Waals surface area contributed by atoms with Gasteiger partial charge in [0.2, 0.25) is 0 Å². The molecule has 0 unspecified atom stereocenters. The summed E-state index contributed by atoms with van der Waals surface area (Å²) in [5.41, 5.74) is 0.830. The molecule has 0 heterocycles. The van der Waals surface area contributed by atoms with Gasteiger partial charge in [-0.3, -0.25) is 4.99 Å². The average Bonchev–Trinajstić information content (AvgIpc) is 2.90. The van der Waals surface area contributed by atoms with Crippen molar-refractivity contribution in [3.05, 3.63) is 29.6 Å². The van der Waals surface area contributed by atoms with Crippen LogP contribution in [0, 0.1) is 5.82 Å². The van der Waals surface area contributed by atoms with Crippen LogP contribution >= 0.6 is 24.0 Å². The highest BCUT2D eigenvalue weighted by Gasteiger charge is 2.12. The third-order valence-corrected chi connectivity index (χ3v) is 4.45. The smallest absolute Gasteiger partial charge is 0.191 e. The van der Waals surface area contributed by atoms with Gasteiger partial charge in [0.05, 0.1) is 19.8 Å². The van der Waals surface area contributed by atoms with Crippen LogP contribution in [-0.2, 0) is 11.3 Å². The number of rotatable bonds is 7. The highest BCUT2D eigenvalue weighted by atomic mass is 127. The summed E-state index contributed by atoms with van der Waals surface area (Å²) < 4.78 is 24.6. The van der Waals surface area contributed by atoms with E-state index in [1.807, 2.05) is 6.07 Å². The van der Waals surface area contributed by atoms with Gasteiger partial charge in [-0.2, -0.15) is 0 Å².